The lowest BCUT2D eigenvalue weighted by atomic mass is 10.2. The molecule has 6 nitrogen and oxygen atoms in total. The maximum absolute atomic E-state index is 11.8. The van der Waals surface area contributed by atoms with Crippen molar-refractivity contribution in [1.82, 2.24) is 15.5 Å². The number of hydrogen-bond acceptors (Lipinski definition) is 4. The van der Waals surface area contributed by atoms with Crippen LogP contribution in [-0.4, -0.2) is 62.1 Å². The summed E-state index contributed by atoms with van der Waals surface area (Å²) in [7, 11) is 5.16. The molecule has 1 aliphatic heterocycles. The van der Waals surface area contributed by atoms with Gasteiger partial charge in [0, 0.05) is 25.9 Å². The lowest BCUT2D eigenvalue weighted by Gasteiger charge is -2.17. The van der Waals surface area contributed by atoms with Gasteiger partial charge in [-0.05, 0) is 36.3 Å². The third kappa shape index (κ3) is 8.03. The van der Waals surface area contributed by atoms with Gasteiger partial charge in [-0.25, -0.2) is 4.99 Å². The van der Waals surface area contributed by atoms with Crippen LogP contribution in [-0.2, 0) is 11.3 Å². The van der Waals surface area contributed by atoms with Crippen LogP contribution in [0.2, 0.25) is 0 Å². The van der Waals surface area contributed by atoms with Crippen LogP contribution in [0, 0.1) is 0 Å². The zero-order valence-electron chi connectivity index (χ0n) is 15.7. The van der Waals surface area contributed by atoms with Crippen LogP contribution >= 0.6 is 35.7 Å². The Morgan fingerprint density at radius 1 is 1.31 bits per heavy atom. The van der Waals surface area contributed by atoms with E-state index in [1.807, 2.05) is 36.0 Å². The minimum Gasteiger partial charge on any atom is -0.497 e. The van der Waals surface area contributed by atoms with Crippen LogP contribution in [0.3, 0.4) is 0 Å². The van der Waals surface area contributed by atoms with Gasteiger partial charge >= 0.3 is 0 Å². The first-order valence-corrected chi connectivity index (χ1v) is 9.60. The van der Waals surface area contributed by atoms with Crippen LogP contribution in [0.5, 0.6) is 5.75 Å². The summed E-state index contributed by atoms with van der Waals surface area (Å²) >= 11 is 2.00. The largest absolute Gasteiger partial charge is 0.497 e. The van der Waals surface area contributed by atoms with E-state index in [-0.39, 0.29) is 36.4 Å². The highest BCUT2D eigenvalue weighted by Crippen LogP contribution is 2.25. The average molecular weight is 492 g/mol. The van der Waals surface area contributed by atoms with E-state index in [0.717, 1.165) is 17.9 Å². The zero-order valence-corrected chi connectivity index (χ0v) is 18.8. The fraction of sp³-hybridized carbons (Fsp3) is 0.556. The summed E-state index contributed by atoms with van der Waals surface area (Å²) in [5.41, 5.74) is 1.09. The third-order valence-corrected chi connectivity index (χ3v) is 5.40. The average Bonchev–Trinajstić information content (AvgIpc) is 3.14. The molecule has 0 radical (unpaired) electrons. The van der Waals surface area contributed by atoms with Gasteiger partial charge in [-0.1, -0.05) is 12.1 Å². The number of halogens is 1. The molecule has 1 amide bonds. The lowest BCUT2D eigenvalue weighted by Crippen LogP contribution is -2.44. The van der Waals surface area contributed by atoms with E-state index in [4.69, 9.17) is 4.74 Å². The number of nitrogens with zero attached hydrogens (tertiary/aromatic N) is 2. The molecule has 0 aliphatic carbocycles. The minimum atomic E-state index is 0. The molecule has 1 heterocycles. The zero-order chi connectivity index (χ0) is 18.1. The Hall–Kier alpha value is -1.16. The predicted molar refractivity (Wildman–Crippen MR) is 120 cm³/mol. The maximum atomic E-state index is 11.8. The molecule has 26 heavy (non-hydrogen) atoms. The molecular weight excluding hydrogens is 463 g/mol. The minimum absolute atomic E-state index is 0. The molecule has 8 heteroatoms. The van der Waals surface area contributed by atoms with Gasteiger partial charge in [-0.15, -0.1) is 24.0 Å². The molecule has 0 aromatic heterocycles. The molecule has 1 atom stereocenters. The van der Waals surface area contributed by atoms with E-state index >= 15 is 0 Å². The van der Waals surface area contributed by atoms with E-state index < -0.39 is 0 Å². The number of amides is 1. The third-order valence-electron chi connectivity index (χ3n) is 4.01. The molecule has 1 aromatic rings. The number of benzene rings is 1. The maximum Gasteiger partial charge on any atom is 0.241 e. The Labute approximate surface area is 177 Å². The first-order chi connectivity index (χ1) is 12.1. The smallest absolute Gasteiger partial charge is 0.241 e. The molecule has 0 bridgehead atoms. The van der Waals surface area contributed by atoms with Crippen molar-refractivity contribution in [3.63, 3.8) is 0 Å². The van der Waals surface area contributed by atoms with Gasteiger partial charge < -0.3 is 20.3 Å². The van der Waals surface area contributed by atoms with E-state index in [1.165, 1.54) is 18.6 Å². The number of thioether (sulfide) groups is 1. The van der Waals surface area contributed by atoms with Gasteiger partial charge in [-0.3, -0.25) is 4.79 Å². The molecular formula is C18H29IN4O2S. The van der Waals surface area contributed by atoms with Gasteiger partial charge in [0.25, 0.3) is 0 Å². The second-order valence-electron chi connectivity index (χ2n) is 6.17. The molecule has 1 aliphatic rings. The van der Waals surface area contributed by atoms with Crippen molar-refractivity contribution in [1.29, 1.82) is 0 Å². The van der Waals surface area contributed by atoms with Crippen molar-refractivity contribution < 1.29 is 9.53 Å². The van der Waals surface area contributed by atoms with Crippen molar-refractivity contribution >= 4 is 47.6 Å². The summed E-state index contributed by atoms with van der Waals surface area (Å²) < 4.78 is 5.17. The highest BCUT2D eigenvalue weighted by molar-refractivity contribution is 14.0. The summed E-state index contributed by atoms with van der Waals surface area (Å²) in [4.78, 5) is 18.0. The Kier molecular flexibility index (Phi) is 10.8. The van der Waals surface area contributed by atoms with Gasteiger partial charge in [0.05, 0.1) is 20.2 Å². The van der Waals surface area contributed by atoms with Crippen molar-refractivity contribution in [2.75, 3.05) is 40.0 Å². The topological polar surface area (TPSA) is 66.0 Å². The fourth-order valence-corrected chi connectivity index (χ4v) is 3.61. The Balaban J connectivity index is 0.00000338. The first kappa shape index (κ1) is 22.9. The number of nitrogens with one attached hydrogen (secondary N) is 2. The summed E-state index contributed by atoms with van der Waals surface area (Å²) in [5.74, 6) is 2.77. The number of rotatable bonds is 7. The molecule has 2 N–H and O–H groups in total. The van der Waals surface area contributed by atoms with Crippen LogP contribution in [0.1, 0.15) is 18.4 Å². The number of likely N-dealkylation sites (N-methyl/N-ethyl adjacent to an activating group) is 1. The van der Waals surface area contributed by atoms with Gasteiger partial charge in [-0.2, -0.15) is 11.8 Å². The summed E-state index contributed by atoms with van der Waals surface area (Å²) in [6, 6.07) is 7.85. The van der Waals surface area contributed by atoms with Crippen molar-refractivity contribution in [3.05, 3.63) is 29.8 Å². The number of hydrogen-bond donors (Lipinski definition) is 2. The SMILES string of the molecule is COc1ccc(CN=C(NCC(=O)N(C)C)NCC2CCCS2)cc1.I. The standard InChI is InChI=1S/C18H28N4O2S.HI/c1-22(2)17(23)13-21-18(20-12-16-5-4-10-25-16)19-11-14-6-8-15(24-3)9-7-14;/h6-9,16H,4-5,10-13H2,1-3H3,(H2,19,20,21);1H. The number of carbonyl (C=O) groups excluding carboxylic acids is 1. The van der Waals surface area contributed by atoms with E-state index in [1.54, 1.807) is 26.1 Å². The Morgan fingerprint density at radius 2 is 2.04 bits per heavy atom. The molecule has 1 unspecified atom stereocenters. The first-order valence-electron chi connectivity index (χ1n) is 8.55. The van der Waals surface area contributed by atoms with E-state index in [0.29, 0.717) is 17.8 Å². The van der Waals surface area contributed by atoms with Crippen LogP contribution < -0.4 is 15.4 Å². The highest BCUT2D eigenvalue weighted by atomic mass is 127. The summed E-state index contributed by atoms with van der Waals surface area (Å²) in [6.07, 6.45) is 2.52. The van der Waals surface area contributed by atoms with E-state index in [9.17, 15) is 4.79 Å². The second-order valence-corrected chi connectivity index (χ2v) is 7.58. The molecule has 0 saturated carbocycles. The highest BCUT2D eigenvalue weighted by Gasteiger charge is 2.16. The quantitative estimate of drug-likeness (QED) is 0.348. The monoisotopic (exact) mass is 492 g/mol. The molecule has 1 saturated heterocycles. The lowest BCUT2D eigenvalue weighted by molar-refractivity contribution is -0.127. The second kappa shape index (κ2) is 12.3. The van der Waals surface area contributed by atoms with Crippen LogP contribution in [0.25, 0.3) is 0 Å². The van der Waals surface area contributed by atoms with E-state index in [2.05, 4.69) is 15.6 Å². The number of methoxy groups -OCH3 is 1. The Bertz CT molecular complexity index is 575. The number of aliphatic imine (C=N–C) groups is 1. The number of carbonyl (C=O) groups is 1. The van der Waals surface area contributed by atoms with Crippen molar-refractivity contribution in [3.8, 4) is 5.75 Å². The van der Waals surface area contributed by atoms with Gasteiger partial charge in [0.2, 0.25) is 5.91 Å². The van der Waals surface area contributed by atoms with Crippen LogP contribution in [0.15, 0.2) is 29.3 Å². The van der Waals surface area contributed by atoms with Crippen molar-refractivity contribution in [2.45, 2.75) is 24.6 Å². The molecule has 1 fully saturated rings. The molecule has 1 aromatic carbocycles. The number of ether oxygens (including phenoxy) is 1. The van der Waals surface area contributed by atoms with Crippen LogP contribution in [0.4, 0.5) is 0 Å². The normalized spacial score (nSPS) is 16.6. The Morgan fingerprint density at radius 3 is 2.62 bits per heavy atom. The number of guanidine groups is 1. The fourth-order valence-electron chi connectivity index (χ4n) is 2.41. The van der Waals surface area contributed by atoms with Gasteiger partial charge in [0.15, 0.2) is 5.96 Å². The molecule has 0 spiro atoms. The predicted octanol–water partition coefficient (Wildman–Crippen LogP) is 2.33. The van der Waals surface area contributed by atoms with Crippen molar-refractivity contribution in [2.24, 2.45) is 4.99 Å². The summed E-state index contributed by atoms with van der Waals surface area (Å²) in [5, 5.41) is 7.13. The van der Waals surface area contributed by atoms with Gasteiger partial charge in [0.1, 0.15) is 5.75 Å². The molecule has 146 valence electrons. The molecule has 2 rings (SSSR count). The summed E-state index contributed by atoms with van der Waals surface area (Å²) in [6.45, 7) is 1.65.